The predicted molar refractivity (Wildman–Crippen MR) is 110 cm³/mol. The minimum absolute atomic E-state index is 0.224. The second kappa shape index (κ2) is 9.08. The SMILES string of the molecule is CCc1cnc(CCNC(=NC)NCc2cc3c(cc2OC)CC(C)O3)s1. The number of thiazole rings is 1. The van der Waals surface area contributed by atoms with Crippen molar-refractivity contribution in [3.05, 3.63) is 39.3 Å². The first-order chi connectivity index (χ1) is 13.1. The number of rotatable bonds is 7. The maximum Gasteiger partial charge on any atom is 0.191 e. The number of ether oxygens (including phenoxy) is 2. The molecule has 1 aliphatic rings. The molecule has 27 heavy (non-hydrogen) atoms. The Bertz CT molecular complexity index is 803. The van der Waals surface area contributed by atoms with Crippen LogP contribution < -0.4 is 20.1 Å². The van der Waals surface area contributed by atoms with E-state index < -0.39 is 0 Å². The lowest BCUT2D eigenvalue weighted by molar-refractivity contribution is 0.254. The summed E-state index contributed by atoms with van der Waals surface area (Å²) in [7, 11) is 3.48. The fraction of sp³-hybridized carbons (Fsp3) is 0.500. The molecule has 1 atom stereocenters. The van der Waals surface area contributed by atoms with Crippen molar-refractivity contribution in [2.45, 2.75) is 45.8 Å². The van der Waals surface area contributed by atoms with Gasteiger partial charge >= 0.3 is 0 Å². The van der Waals surface area contributed by atoms with Crippen LogP contribution >= 0.6 is 11.3 Å². The highest BCUT2D eigenvalue weighted by Gasteiger charge is 2.21. The summed E-state index contributed by atoms with van der Waals surface area (Å²) in [5.74, 6) is 2.60. The molecule has 146 valence electrons. The third kappa shape index (κ3) is 4.91. The highest BCUT2D eigenvalue weighted by Crippen LogP contribution is 2.34. The van der Waals surface area contributed by atoms with Gasteiger partial charge in [-0.15, -0.1) is 11.3 Å². The Balaban J connectivity index is 1.54. The lowest BCUT2D eigenvalue weighted by Crippen LogP contribution is -2.37. The molecule has 0 saturated heterocycles. The third-order valence-electron chi connectivity index (χ3n) is 4.55. The molecule has 1 aromatic carbocycles. The zero-order valence-corrected chi connectivity index (χ0v) is 17.3. The molecule has 0 bridgehead atoms. The topological polar surface area (TPSA) is 67.8 Å². The molecular formula is C20H28N4O2S. The van der Waals surface area contributed by atoms with Gasteiger partial charge in [-0.25, -0.2) is 4.98 Å². The average Bonchev–Trinajstić information content (AvgIpc) is 3.28. The molecule has 2 N–H and O–H groups in total. The van der Waals surface area contributed by atoms with Crippen LogP contribution in [0.15, 0.2) is 23.3 Å². The van der Waals surface area contributed by atoms with Crippen LogP contribution in [0.4, 0.5) is 0 Å². The molecule has 0 fully saturated rings. The molecule has 0 spiro atoms. The smallest absolute Gasteiger partial charge is 0.191 e. The molecule has 3 rings (SSSR count). The molecular weight excluding hydrogens is 360 g/mol. The van der Waals surface area contributed by atoms with Crippen LogP contribution in [0.1, 0.15) is 34.9 Å². The molecule has 2 aromatic rings. The summed E-state index contributed by atoms with van der Waals surface area (Å²) in [6, 6.07) is 4.15. The molecule has 7 heteroatoms. The number of hydrogen-bond donors (Lipinski definition) is 2. The van der Waals surface area contributed by atoms with E-state index in [1.165, 1.54) is 10.4 Å². The Morgan fingerprint density at radius 1 is 1.41 bits per heavy atom. The Hall–Kier alpha value is -2.28. The van der Waals surface area contributed by atoms with Crippen molar-refractivity contribution in [1.82, 2.24) is 15.6 Å². The Kier molecular flexibility index (Phi) is 6.55. The van der Waals surface area contributed by atoms with E-state index in [9.17, 15) is 0 Å². The third-order valence-corrected chi connectivity index (χ3v) is 5.75. The Morgan fingerprint density at radius 3 is 2.96 bits per heavy atom. The molecule has 0 amide bonds. The minimum atomic E-state index is 0.224. The van der Waals surface area contributed by atoms with Gasteiger partial charge in [0.2, 0.25) is 0 Å². The number of fused-ring (bicyclic) bond motifs is 1. The molecule has 0 aliphatic carbocycles. The summed E-state index contributed by atoms with van der Waals surface area (Å²) in [5, 5.41) is 7.85. The molecule has 1 aromatic heterocycles. The molecule has 6 nitrogen and oxygen atoms in total. The van der Waals surface area contributed by atoms with Gasteiger partial charge in [-0.2, -0.15) is 0 Å². The fourth-order valence-corrected chi connectivity index (χ4v) is 3.99. The number of nitrogens with one attached hydrogen (secondary N) is 2. The second-order valence-electron chi connectivity index (χ2n) is 6.58. The number of guanidine groups is 1. The van der Waals surface area contributed by atoms with E-state index in [2.05, 4.69) is 46.6 Å². The van der Waals surface area contributed by atoms with Gasteiger partial charge < -0.3 is 20.1 Å². The molecule has 1 aliphatic heterocycles. The van der Waals surface area contributed by atoms with E-state index in [4.69, 9.17) is 9.47 Å². The number of nitrogens with zero attached hydrogens (tertiary/aromatic N) is 2. The minimum Gasteiger partial charge on any atom is -0.496 e. The lowest BCUT2D eigenvalue weighted by Gasteiger charge is -2.14. The Morgan fingerprint density at radius 2 is 2.26 bits per heavy atom. The van der Waals surface area contributed by atoms with Gasteiger partial charge in [-0.1, -0.05) is 6.92 Å². The number of aromatic nitrogens is 1. The van der Waals surface area contributed by atoms with Gasteiger partial charge in [0.05, 0.1) is 12.1 Å². The summed E-state index contributed by atoms with van der Waals surface area (Å²) in [6.07, 6.45) is 5.05. The quantitative estimate of drug-likeness (QED) is 0.564. The first-order valence-corrected chi connectivity index (χ1v) is 10.2. The fourth-order valence-electron chi connectivity index (χ4n) is 3.12. The van der Waals surface area contributed by atoms with Gasteiger partial charge in [0.1, 0.15) is 17.6 Å². The van der Waals surface area contributed by atoms with Gasteiger partial charge in [-0.3, -0.25) is 4.99 Å². The number of hydrogen-bond acceptors (Lipinski definition) is 5. The first-order valence-electron chi connectivity index (χ1n) is 9.37. The van der Waals surface area contributed by atoms with Crippen LogP contribution in [0, 0.1) is 0 Å². The lowest BCUT2D eigenvalue weighted by atomic mass is 10.1. The molecule has 0 saturated carbocycles. The highest BCUT2D eigenvalue weighted by atomic mass is 32.1. The van der Waals surface area contributed by atoms with E-state index in [-0.39, 0.29) is 6.10 Å². The summed E-state index contributed by atoms with van der Waals surface area (Å²) in [6.45, 7) is 5.64. The van der Waals surface area contributed by atoms with Crippen LogP contribution in [-0.4, -0.2) is 37.7 Å². The zero-order chi connectivity index (χ0) is 19.2. The zero-order valence-electron chi connectivity index (χ0n) is 16.5. The predicted octanol–water partition coefficient (Wildman–Crippen LogP) is 2.95. The highest BCUT2D eigenvalue weighted by molar-refractivity contribution is 7.11. The van der Waals surface area contributed by atoms with Gasteiger partial charge in [0, 0.05) is 55.2 Å². The van der Waals surface area contributed by atoms with Crippen LogP contribution in [0.5, 0.6) is 11.5 Å². The van der Waals surface area contributed by atoms with Gasteiger partial charge in [-0.05, 0) is 25.5 Å². The molecule has 0 radical (unpaired) electrons. The summed E-state index contributed by atoms with van der Waals surface area (Å²) in [4.78, 5) is 10.1. The number of aliphatic imine (C=N–C) groups is 1. The van der Waals surface area contributed by atoms with E-state index >= 15 is 0 Å². The average molecular weight is 389 g/mol. The van der Waals surface area contributed by atoms with Crippen molar-refractivity contribution in [1.29, 1.82) is 0 Å². The summed E-state index contributed by atoms with van der Waals surface area (Å²) in [5.41, 5.74) is 2.27. The Labute approximate surface area is 165 Å². The summed E-state index contributed by atoms with van der Waals surface area (Å²) >= 11 is 1.78. The number of aryl methyl sites for hydroxylation is 1. The molecule has 2 heterocycles. The van der Waals surface area contributed by atoms with Crippen molar-refractivity contribution in [3.8, 4) is 11.5 Å². The van der Waals surface area contributed by atoms with Crippen molar-refractivity contribution in [3.63, 3.8) is 0 Å². The summed E-state index contributed by atoms with van der Waals surface area (Å²) < 4.78 is 11.4. The van der Waals surface area contributed by atoms with E-state index in [0.29, 0.717) is 6.54 Å². The maximum atomic E-state index is 5.87. The normalized spacial score (nSPS) is 16.0. The van der Waals surface area contributed by atoms with Crippen molar-refractivity contribution in [2.75, 3.05) is 20.7 Å². The van der Waals surface area contributed by atoms with E-state index in [0.717, 1.165) is 53.8 Å². The van der Waals surface area contributed by atoms with Crippen molar-refractivity contribution >= 4 is 17.3 Å². The standard InChI is InChI=1S/C20H28N4O2S/c1-5-16-12-23-19(27-16)6-7-22-20(21-3)24-11-15-10-18-14(8-13(2)26-18)9-17(15)25-4/h9-10,12-13H,5-8,11H2,1-4H3,(H2,21,22,24). The van der Waals surface area contributed by atoms with Crippen LogP contribution in [-0.2, 0) is 25.8 Å². The molecule has 1 unspecified atom stereocenters. The van der Waals surface area contributed by atoms with Gasteiger partial charge in [0.15, 0.2) is 5.96 Å². The van der Waals surface area contributed by atoms with Crippen LogP contribution in [0.2, 0.25) is 0 Å². The van der Waals surface area contributed by atoms with Crippen molar-refractivity contribution < 1.29 is 9.47 Å². The van der Waals surface area contributed by atoms with Crippen molar-refractivity contribution in [2.24, 2.45) is 4.99 Å². The monoisotopic (exact) mass is 388 g/mol. The van der Waals surface area contributed by atoms with Crippen LogP contribution in [0.25, 0.3) is 0 Å². The number of benzene rings is 1. The first kappa shape index (κ1) is 19.5. The largest absolute Gasteiger partial charge is 0.496 e. The van der Waals surface area contributed by atoms with E-state index in [1.54, 1.807) is 25.5 Å². The van der Waals surface area contributed by atoms with E-state index in [1.807, 2.05) is 6.20 Å². The second-order valence-corrected chi connectivity index (χ2v) is 7.78. The maximum absolute atomic E-state index is 5.87. The van der Waals surface area contributed by atoms with Crippen LogP contribution in [0.3, 0.4) is 0 Å². The number of methoxy groups -OCH3 is 1. The van der Waals surface area contributed by atoms with Gasteiger partial charge in [0.25, 0.3) is 0 Å².